The number of halogens is 1. The number of hydrogen-bond donors (Lipinski definition) is 2. The van der Waals surface area contributed by atoms with Crippen LogP contribution in [-0.4, -0.2) is 55.8 Å². The molecule has 0 aliphatic rings. The van der Waals surface area contributed by atoms with Crippen molar-refractivity contribution in [1.82, 2.24) is 5.32 Å². The average Bonchev–Trinajstić information content (AvgIpc) is 2.49. The molecule has 0 fully saturated rings. The lowest BCUT2D eigenvalue weighted by atomic mass is 10.2. The number of aliphatic carboxylic acids is 1. The third-order valence-electron chi connectivity index (χ3n) is 2.90. The normalized spacial score (nSPS) is 10.6. The van der Waals surface area contributed by atoms with Crippen LogP contribution in [0.4, 0.5) is 0 Å². The number of rotatable bonds is 16. The number of carboxylic acid groups (broad SMARTS) is 1. The molecule has 0 heterocycles. The standard InChI is InChI=1S/C15H28ClNO5/c16-8-3-1-2-4-10-21-12-13-22-11-5-9-17-14(18)6-7-15(19)20/h1-13H2,(H,17,18)(H,19,20). The average molecular weight is 338 g/mol. The predicted octanol–water partition coefficient (Wildman–Crippen LogP) is 2.19. The van der Waals surface area contributed by atoms with Crippen LogP contribution >= 0.6 is 11.6 Å². The van der Waals surface area contributed by atoms with Crippen LogP contribution in [-0.2, 0) is 19.1 Å². The second-order valence-corrected chi connectivity index (χ2v) is 5.30. The van der Waals surface area contributed by atoms with E-state index in [0.29, 0.717) is 32.8 Å². The molecule has 0 aliphatic heterocycles. The Morgan fingerprint density at radius 3 is 2.14 bits per heavy atom. The van der Waals surface area contributed by atoms with Crippen molar-refractivity contribution in [2.75, 3.05) is 38.9 Å². The topological polar surface area (TPSA) is 84.9 Å². The summed E-state index contributed by atoms with van der Waals surface area (Å²) in [6.45, 7) is 2.94. The molecule has 6 nitrogen and oxygen atoms in total. The van der Waals surface area contributed by atoms with Crippen molar-refractivity contribution in [2.45, 2.75) is 44.9 Å². The molecule has 0 aromatic heterocycles. The number of carbonyl (C=O) groups excluding carboxylic acids is 1. The number of alkyl halides is 1. The van der Waals surface area contributed by atoms with Crippen LogP contribution in [0.25, 0.3) is 0 Å². The first-order chi connectivity index (χ1) is 10.7. The third-order valence-corrected chi connectivity index (χ3v) is 3.17. The van der Waals surface area contributed by atoms with E-state index in [1.54, 1.807) is 0 Å². The Bertz CT molecular complexity index is 289. The van der Waals surface area contributed by atoms with E-state index in [0.717, 1.165) is 38.2 Å². The number of carboxylic acids is 1. The van der Waals surface area contributed by atoms with Crippen LogP contribution in [0, 0.1) is 0 Å². The Labute approximate surface area is 137 Å². The number of ether oxygens (including phenoxy) is 2. The van der Waals surface area contributed by atoms with E-state index >= 15 is 0 Å². The molecule has 0 bridgehead atoms. The third kappa shape index (κ3) is 17.2. The highest BCUT2D eigenvalue weighted by Crippen LogP contribution is 2.01. The van der Waals surface area contributed by atoms with Gasteiger partial charge < -0.3 is 19.9 Å². The minimum absolute atomic E-state index is 0.0227. The van der Waals surface area contributed by atoms with Crippen LogP contribution in [0.2, 0.25) is 0 Å². The molecule has 0 aliphatic carbocycles. The molecule has 1 amide bonds. The number of amides is 1. The van der Waals surface area contributed by atoms with Crippen LogP contribution < -0.4 is 5.32 Å². The van der Waals surface area contributed by atoms with Gasteiger partial charge in [-0.15, -0.1) is 11.6 Å². The van der Waals surface area contributed by atoms with E-state index in [1.807, 2.05) is 0 Å². The fraction of sp³-hybridized carbons (Fsp3) is 0.867. The van der Waals surface area contributed by atoms with E-state index in [4.69, 9.17) is 26.2 Å². The highest BCUT2D eigenvalue weighted by molar-refractivity contribution is 6.17. The van der Waals surface area contributed by atoms with Gasteiger partial charge in [-0.05, 0) is 19.3 Å². The number of unbranched alkanes of at least 4 members (excludes halogenated alkanes) is 3. The highest BCUT2D eigenvalue weighted by atomic mass is 35.5. The Morgan fingerprint density at radius 1 is 0.864 bits per heavy atom. The minimum Gasteiger partial charge on any atom is -0.481 e. The van der Waals surface area contributed by atoms with Crippen molar-refractivity contribution >= 4 is 23.5 Å². The fourth-order valence-electron chi connectivity index (χ4n) is 1.69. The molecule has 0 aromatic carbocycles. The zero-order valence-corrected chi connectivity index (χ0v) is 13.9. The van der Waals surface area contributed by atoms with Crippen LogP contribution in [0.5, 0.6) is 0 Å². The lowest BCUT2D eigenvalue weighted by molar-refractivity contribution is -0.138. The van der Waals surface area contributed by atoms with Gasteiger partial charge in [0.25, 0.3) is 0 Å². The van der Waals surface area contributed by atoms with Crippen LogP contribution in [0.15, 0.2) is 0 Å². The molecule has 0 spiro atoms. The molecule has 0 rings (SSSR count). The zero-order chi connectivity index (χ0) is 16.5. The van der Waals surface area contributed by atoms with Gasteiger partial charge in [-0.1, -0.05) is 12.8 Å². The Hall–Kier alpha value is -0.850. The maximum absolute atomic E-state index is 11.2. The number of carbonyl (C=O) groups is 2. The van der Waals surface area contributed by atoms with Gasteiger partial charge in [-0.25, -0.2) is 0 Å². The van der Waals surface area contributed by atoms with E-state index in [2.05, 4.69) is 5.32 Å². The smallest absolute Gasteiger partial charge is 0.303 e. The van der Waals surface area contributed by atoms with Crippen molar-refractivity contribution in [3.05, 3.63) is 0 Å². The van der Waals surface area contributed by atoms with Gasteiger partial charge in [0.15, 0.2) is 0 Å². The van der Waals surface area contributed by atoms with Gasteiger partial charge in [-0.2, -0.15) is 0 Å². The largest absolute Gasteiger partial charge is 0.481 e. The van der Waals surface area contributed by atoms with E-state index in [9.17, 15) is 9.59 Å². The molecule has 0 saturated heterocycles. The molecule has 0 atom stereocenters. The summed E-state index contributed by atoms with van der Waals surface area (Å²) in [5.74, 6) is -0.466. The van der Waals surface area contributed by atoms with Gasteiger partial charge in [-0.3, -0.25) is 9.59 Å². The van der Waals surface area contributed by atoms with Crippen LogP contribution in [0.1, 0.15) is 44.9 Å². The van der Waals surface area contributed by atoms with E-state index in [-0.39, 0.29) is 18.7 Å². The summed E-state index contributed by atoms with van der Waals surface area (Å²) in [6.07, 6.45) is 5.02. The number of hydrogen-bond acceptors (Lipinski definition) is 4. The molecule has 22 heavy (non-hydrogen) atoms. The van der Waals surface area contributed by atoms with Crippen molar-refractivity contribution in [2.24, 2.45) is 0 Å². The quantitative estimate of drug-likeness (QED) is 0.333. The Morgan fingerprint density at radius 2 is 1.50 bits per heavy atom. The van der Waals surface area contributed by atoms with Gasteiger partial charge in [0.1, 0.15) is 0 Å². The van der Waals surface area contributed by atoms with E-state index < -0.39 is 5.97 Å². The molecule has 0 radical (unpaired) electrons. The number of nitrogens with one attached hydrogen (secondary N) is 1. The maximum Gasteiger partial charge on any atom is 0.303 e. The summed E-state index contributed by atoms with van der Waals surface area (Å²) in [7, 11) is 0. The summed E-state index contributed by atoms with van der Waals surface area (Å²) in [4.78, 5) is 21.5. The highest BCUT2D eigenvalue weighted by Gasteiger charge is 2.03. The van der Waals surface area contributed by atoms with Crippen molar-refractivity contribution in [3.8, 4) is 0 Å². The molecule has 2 N–H and O–H groups in total. The lowest BCUT2D eigenvalue weighted by Crippen LogP contribution is -2.25. The molecule has 0 unspecified atom stereocenters. The molecule has 0 saturated carbocycles. The summed E-state index contributed by atoms with van der Waals surface area (Å²) in [5, 5.41) is 11.1. The fourth-order valence-corrected chi connectivity index (χ4v) is 1.87. The molecular weight excluding hydrogens is 310 g/mol. The first-order valence-corrected chi connectivity index (χ1v) is 8.40. The maximum atomic E-state index is 11.2. The zero-order valence-electron chi connectivity index (χ0n) is 13.2. The van der Waals surface area contributed by atoms with Gasteiger partial charge in [0, 0.05) is 32.1 Å². The minimum atomic E-state index is -0.961. The van der Waals surface area contributed by atoms with Crippen LogP contribution in [0.3, 0.4) is 0 Å². The monoisotopic (exact) mass is 337 g/mol. The molecular formula is C15H28ClNO5. The second kappa shape index (κ2) is 16.5. The summed E-state index contributed by atoms with van der Waals surface area (Å²) < 4.78 is 10.8. The molecule has 7 heteroatoms. The van der Waals surface area contributed by atoms with Gasteiger partial charge in [0.2, 0.25) is 5.91 Å². The van der Waals surface area contributed by atoms with Crippen molar-refractivity contribution < 1.29 is 24.2 Å². The molecule has 0 aromatic rings. The second-order valence-electron chi connectivity index (χ2n) is 4.93. The molecule has 130 valence electrons. The van der Waals surface area contributed by atoms with Gasteiger partial charge in [0.05, 0.1) is 19.6 Å². The van der Waals surface area contributed by atoms with Crippen molar-refractivity contribution in [1.29, 1.82) is 0 Å². The summed E-state index contributed by atoms with van der Waals surface area (Å²) >= 11 is 5.59. The lowest BCUT2D eigenvalue weighted by Gasteiger charge is -2.07. The first-order valence-electron chi connectivity index (χ1n) is 7.86. The summed E-state index contributed by atoms with van der Waals surface area (Å²) in [5.41, 5.74) is 0. The van der Waals surface area contributed by atoms with Crippen molar-refractivity contribution in [3.63, 3.8) is 0 Å². The van der Waals surface area contributed by atoms with Gasteiger partial charge >= 0.3 is 5.97 Å². The Balaban J connectivity index is 3.11. The van der Waals surface area contributed by atoms with E-state index in [1.165, 1.54) is 0 Å². The summed E-state index contributed by atoms with van der Waals surface area (Å²) in [6, 6.07) is 0. The Kier molecular flexibility index (Phi) is 15.9. The predicted molar refractivity (Wildman–Crippen MR) is 85.3 cm³/mol. The SMILES string of the molecule is O=C(O)CCC(=O)NCCCOCCOCCCCCCCl. The first kappa shape index (κ1) is 21.1.